The number of hydrogen-bond acceptors (Lipinski definition) is 3. The summed E-state index contributed by atoms with van der Waals surface area (Å²) >= 11 is 1.72. The van der Waals surface area contributed by atoms with Crippen LogP contribution in [-0.2, 0) is 0 Å². The molecule has 0 aromatic heterocycles. The van der Waals surface area contributed by atoms with Gasteiger partial charge in [-0.15, -0.1) is 11.8 Å². The second-order valence-corrected chi connectivity index (χ2v) is 7.35. The first-order chi connectivity index (χ1) is 10.5. The van der Waals surface area contributed by atoms with E-state index in [4.69, 9.17) is 10.5 Å². The Morgan fingerprint density at radius 3 is 2.27 bits per heavy atom. The minimum atomic E-state index is -0.399. The number of ether oxygens (including phenoxy) is 1. The summed E-state index contributed by atoms with van der Waals surface area (Å²) in [4.78, 5) is 0.914. The highest BCUT2D eigenvalue weighted by atomic mass is 32.2. The third-order valence-corrected chi connectivity index (χ3v) is 5.63. The number of unbranched alkanes of at least 4 members (excludes halogenated alkanes) is 2. The van der Waals surface area contributed by atoms with Gasteiger partial charge in [0.15, 0.2) is 11.6 Å². The summed E-state index contributed by atoms with van der Waals surface area (Å²) in [6.45, 7) is 6.83. The Bertz CT molecular complexity index is 457. The zero-order valence-electron chi connectivity index (χ0n) is 14.4. The topological polar surface area (TPSA) is 35.2 Å². The zero-order chi connectivity index (χ0) is 16.6. The number of benzene rings is 1. The van der Waals surface area contributed by atoms with Crippen LogP contribution in [0, 0.1) is 11.2 Å². The smallest absolute Gasteiger partial charge is 0.167 e. The van der Waals surface area contributed by atoms with E-state index in [0.29, 0.717) is 11.1 Å². The summed E-state index contributed by atoms with van der Waals surface area (Å²) in [5.41, 5.74) is 6.77. The first kappa shape index (κ1) is 19.1. The Morgan fingerprint density at radius 1 is 1.18 bits per heavy atom. The van der Waals surface area contributed by atoms with Crippen LogP contribution in [0.3, 0.4) is 0 Å². The number of nitrogens with two attached hydrogens (primary N) is 1. The highest BCUT2D eigenvalue weighted by molar-refractivity contribution is 7.99. The molecule has 2 N–H and O–H groups in total. The monoisotopic (exact) mass is 327 g/mol. The van der Waals surface area contributed by atoms with Gasteiger partial charge in [0.1, 0.15) is 0 Å². The highest BCUT2D eigenvalue weighted by Crippen LogP contribution is 2.39. The zero-order valence-corrected chi connectivity index (χ0v) is 15.2. The molecule has 1 rings (SSSR count). The van der Waals surface area contributed by atoms with Crippen LogP contribution >= 0.6 is 11.8 Å². The molecule has 0 amide bonds. The van der Waals surface area contributed by atoms with Crippen molar-refractivity contribution in [2.45, 2.75) is 64.2 Å². The summed E-state index contributed by atoms with van der Waals surface area (Å²) in [5.74, 6) is 0.871. The van der Waals surface area contributed by atoms with E-state index in [0.717, 1.165) is 10.6 Å². The van der Waals surface area contributed by atoms with Crippen LogP contribution in [0.2, 0.25) is 0 Å². The molecule has 0 aliphatic rings. The summed E-state index contributed by atoms with van der Waals surface area (Å²) in [5, 5.41) is 0. The lowest BCUT2D eigenvalue weighted by Crippen LogP contribution is -2.19. The largest absolute Gasteiger partial charge is 0.494 e. The third kappa shape index (κ3) is 5.71. The fraction of sp³-hybridized carbons (Fsp3) is 0.667. The van der Waals surface area contributed by atoms with Gasteiger partial charge in [-0.3, -0.25) is 0 Å². The molecule has 2 nitrogen and oxygen atoms in total. The average molecular weight is 328 g/mol. The number of rotatable bonds is 10. The second-order valence-electron chi connectivity index (χ2n) is 6.33. The molecule has 22 heavy (non-hydrogen) atoms. The Morgan fingerprint density at radius 2 is 1.77 bits per heavy atom. The van der Waals surface area contributed by atoms with Gasteiger partial charge in [0.25, 0.3) is 0 Å². The van der Waals surface area contributed by atoms with Crippen LogP contribution in [0.5, 0.6) is 5.75 Å². The molecule has 0 bridgehead atoms. The molecule has 0 saturated carbocycles. The molecule has 126 valence electrons. The van der Waals surface area contributed by atoms with Gasteiger partial charge in [-0.2, -0.15) is 0 Å². The fourth-order valence-corrected chi connectivity index (χ4v) is 3.77. The molecule has 0 saturated heterocycles. The molecule has 0 radical (unpaired) electrons. The van der Waals surface area contributed by atoms with Gasteiger partial charge in [-0.05, 0) is 24.3 Å². The van der Waals surface area contributed by atoms with Crippen LogP contribution in [0.25, 0.3) is 0 Å². The van der Waals surface area contributed by atoms with Crippen LogP contribution < -0.4 is 10.5 Å². The summed E-state index contributed by atoms with van der Waals surface area (Å²) < 4.78 is 18.7. The van der Waals surface area contributed by atoms with Crippen LogP contribution in [0.1, 0.15) is 59.3 Å². The summed E-state index contributed by atoms with van der Waals surface area (Å²) in [6.07, 6.45) is 7.41. The lowest BCUT2D eigenvalue weighted by Gasteiger charge is -2.29. The molecule has 4 heteroatoms. The Labute approximate surface area is 139 Å². The summed E-state index contributed by atoms with van der Waals surface area (Å²) in [6, 6.07) is 3.08. The Balaban J connectivity index is 2.79. The molecular weight excluding hydrogens is 297 g/mol. The van der Waals surface area contributed by atoms with E-state index in [2.05, 4.69) is 20.8 Å². The molecule has 0 unspecified atom stereocenters. The van der Waals surface area contributed by atoms with Crippen molar-refractivity contribution >= 4 is 17.4 Å². The maximum atomic E-state index is 13.6. The molecule has 0 fully saturated rings. The molecule has 0 spiro atoms. The van der Waals surface area contributed by atoms with E-state index in [1.165, 1.54) is 51.7 Å². The van der Waals surface area contributed by atoms with Gasteiger partial charge in [-0.1, -0.05) is 46.5 Å². The van der Waals surface area contributed by atoms with Crippen molar-refractivity contribution in [1.29, 1.82) is 0 Å². The number of anilines is 1. The lowest BCUT2D eigenvalue weighted by atomic mass is 9.82. The molecule has 0 atom stereocenters. The van der Waals surface area contributed by atoms with Gasteiger partial charge < -0.3 is 10.5 Å². The lowest BCUT2D eigenvalue weighted by molar-refractivity contribution is 0.296. The first-order valence-corrected chi connectivity index (χ1v) is 9.20. The minimum Gasteiger partial charge on any atom is -0.494 e. The van der Waals surface area contributed by atoms with E-state index in [1.54, 1.807) is 17.8 Å². The third-order valence-electron chi connectivity index (χ3n) is 4.13. The Kier molecular flexibility index (Phi) is 8.08. The second kappa shape index (κ2) is 9.29. The van der Waals surface area contributed by atoms with E-state index >= 15 is 0 Å². The van der Waals surface area contributed by atoms with Crippen LogP contribution in [0.15, 0.2) is 17.0 Å². The van der Waals surface area contributed by atoms with Crippen LogP contribution in [0.4, 0.5) is 10.1 Å². The number of hydrogen-bond donors (Lipinski definition) is 1. The standard InChI is InChI=1S/C18H30FNOS/c1-5-7-9-18(3,10-8-6-2)13-22-17-12-16(21-4)14(19)11-15(17)20/h11-12H,5-10,13,20H2,1-4H3. The van der Waals surface area contributed by atoms with Crippen molar-refractivity contribution in [2.75, 3.05) is 18.6 Å². The molecule has 0 heterocycles. The highest BCUT2D eigenvalue weighted by Gasteiger charge is 2.24. The predicted octanol–water partition coefficient (Wildman–Crippen LogP) is 5.90. The van der Waals surface area contributed by atoms with Crippen molar-refractivity contribution in [3.8, 4) is 5.75 Å². The maximum absolute atomic E-state index is 13.6. The van der Waals surface area contributed by atoms with Crippen molar-refractivity contribution < 1.29 is 9.13 Å². The van der Waals surface area contributed by atoms with Gasteiger partial charge >= 0.3 is 0 Å². The number of halogens is 1. The molecular formula is C18H30FNOS. The van der Waals surface area contributed by atoms with Crippen molar-refractivity contribution in [3.63, 3.8) is 0 Å². The number of thioether (sulfide) groups is 1. The quantitative estimate of drug-likeness (QED) is 0.429. The van der Waals surface area contributed by atoms with E-state index in [9.17, 15) is 4.39 Å². The molecule has 1 aromatic rings. The molecule has 1 aromatic carbocycles. The van der Waals surface area contributed by atoms with E-state index in [-0.39, 0.29) is 5.75 Å². The minimum absolute atomic E-state index is 0.264. The normalized spacial score (nSPS) is 11.7. The molecule has 0 aliphatic carbocycles. The number of methoxy groups -OCH3 is 1. The van der Waals surface area contributed by atoms with Gasteiger partial charge in [0, 0.05) is 22.4 Å². The van der Waals surface area contributed by atoms with Crippen molar-refractivity contribution in [1.82, 2.24) is 0 Å². The van der Waals surface area contributed by atoms with Gasteiger partial charge in [-0.25, -0.2) is 4.39 Å². The van der Waals surface area contributed by atoms with Gasteiger partial charge in [0.2, 0.25) is 0 Å². The van der Waals surface area contributed by atoms with Crippen molar-refractivity contribution in [2.24, 2.45) is 5.41 Å². The average Bonchev–Trinajstić information content (AvgIpc) is 2.50. The maximum Gasteiger partial charge on any atom is 0.167 e. The number of nitrogen functional groups attached to an aromatic ring is 1. The fourth-order valence-electron chi connectivity index (χ4n) is 2.56. The Hall–Kier alpha value is -0.900. The van der Waals surface area contributed by atoms with E-state index in [1.807, 2.05) is 0 Å². The SMILES string of the molecule is CCCCC(C)(CCCC)CSc1cc(OC)c(F)cc1N. The van der Waals surface area contributed by atoms with Crippen LogP contribution in [-0.4, -0.2) is 12.9 Å². The predicted molar refractivity (Wildman–Crippen MR) is 95.2 cm³/mol. The molecule has 0 aliphatic heterocycles. The van der Waals surface area contributed by atoms with Gasteiger partial charge in [0.05, 0.1) is 7.11 Å². The summed E-state index contributed by atoms with van der Waals surface area (Å²) in [7, 11) is 1.48. The van der Waals surface area contributed by atoms with E-state index < -0.39 is 5.82 Å². The first-order valence-electron chi connectivity index (χ1n) is 8.21. The van der Waals surface area contributed by atoms with Crippen molar-refractivity contribution in [3.05, 3.63) is 17.9 Å².